The maximum Gasteiger partial charge on any atom is 0.155 e. The average molecular weight is 2310 g/mol. The first-order valence-corrected chi connectivity index (χ1v) is 37.2. The Hall–Kier alpha value is -9.27. The molecule has 0 saturated carbocycles. The van der Waals surface area contributed by atoms with Crippen LogP contribution in [0.1, 0.15) is 122 Å². The van der Waals surface area contributed by atoms with E-state index in [1.54, 1.807) is 51.9 Å². The molecule has 0 aliphatic rings. The Kier molecular flexibility index (Phi) is 43.6. The monoisotopic (exact) mass is 2310 g/mol. The van der Waals surface area contributed by atoms with Gasteiger partial charge >= 0.3 is 0 Å². The molecule has 0 fully saturated rings. The maximum atomic E-state index is 10.0. The second-order valence-corrected chi connectivity index (χ2v) is 28.1. The van der Waals surface area contributed by atoms with Gasteiger partial charge < -0.3 is 69.9 Å². The molecule has 0 atom stereocenters. The summed E-state index contributed by atoms with van der Waals surface area (Å²) in [6.45, 7) is 30.8. The second kappa shape index (κ2) is 50.0. The summed E-state index contributed by atoms with van der Waals surface area (Å²) >= 11 is 0. The van der Waals surface area contributed by atoms with Gasteiger partial charge in [-0.1, -0.05) is 169 Å². The first-order chi connectivity index (χ1) is 54.4. The molecule has 12 rings (SSSR count). The van der Waals surface area contributed by atoms with Crippen molar-refractivity contribution in [3.63, 3.8) is 0 Å². The molecular weight excluding hydrogens is 2210 g/mol. The molecule has 0 bridgehead atoms. The average Bonchev–Trinajstić information content (AvgIpc) is 0.788. The molecular formula is C98H104N4O12Pt4-4. The Morgan fingerprint density at radius 1 is 0.331 bits per heavy atom. The number of rotatable bonds is 18. The van der Waals surface area contributed by atoms with Crippen LogP contribution in [0.3, 0.4) is 0 Å². The van der Waals surface area contributed by atoms with E-state index < -0.39 is 0 Å². The molecule has 632 valence electrons. The van der Waals surface area contributed by atoms with Gasteiger partial charge in [0.05, 0.1) is 46.1 Å². The van der Waals surface area contributed by atoms with Crippen molar-refractivity contribution >= 4 is 11.6 Å². The Morgan fingerprint density at radius 2 is 0.602 bits per heavy atom. The fraction of sp³-hybridized carbons (Fsp3) is 0.245. The van der Waals surface area contributed by atoms with Crippen molar-refractivity contribution in [1.82, 2.24) is 19.9 Å². The van der Waals surface area contributed by atoms with E-state index in [0.717, 1.165) is 95.2 Å². The molecule has 4 heterocycles. The van der Waals surface area contributed by atoms with Gasteiger partial charge in [-0.3, -0.25) is 9.59 Å². The molecule has 0 amide bonds. The first-order valence-electron chi connectivity index (χ1n) is 37.2. The van der Waals surface area contributed by atoms with Crippen LogP contribution in [0.2, 0.25) is 0 Å². The predicted molar refractivity (Wildman–Crippen MR) is 456 cm³/mol. The summed E-state index contributed by atoms with van der Waals surface area (Å²) in [5.41, 5.74) is 34.2. The Labute approximate surface area is 753 Å². The maximum absolute atomic E-state index is 10.0. The number of aliphatic hydroxyl groups excluding tert-OH is 7. The molecule has 118 heavy (non-hydrogen) atoms. The molecule has 7 N–H and O–H groups in total. The van der Waals surface area contributed by atoms with E-state index in [9.17, 15) is 35.1 Å². The molecule has 16 nitrogen and oxygen atoms in total. The number of methoxy groups -OCH3 is 3. The molecule has 0 unspecified atom stereocenters. The zero-order valence-electron chi connectivity index (χ0n) is 70.1. The number of aromatic nitrogens is 4. The number of pyridine rings is 4. The summed E-state index contributed by atoms with van der Waals surface area (Å²) in [4.78, 5) is 37.9. The van der Waals surface area contributed by atoms with Crippen molar-refractivity contribution in [3.05, 3.63) is 313 Å². The van der Waals surface area contributed by atoms with E-state index in [-0.39, 0.29) is 140 Å². The fourth-order valence-electron chi connectivity index (χ4n) is 14.0. The summed E-state index contributed by atoms with van der Waals surface area (Å²) in [5, 5.41) is 64.8. The first kappa shape index (κ1) is 103. The van der Waals surface area contributed by atoms with Crippen molar-refractivity contribution in [1.29, 1.82) is 0 Å². The van der Waals surface area contributed by atoms with Crippen LogP contribution in [-0.2, 0) is 127 Å². The number of benzene rings is 8. The number of ether oxygens (including phenoxy) is 3. The smallest absolute Gasteiger partial charge is 0.155 e. The minimum atomic E-state index is -0.125. The van der Waals surface area contributed by atoms with Gasteiger partial charge in [0.15, 0.2) is 11.6 Å². The quantitative estimate of drug-likeness (QED) is 0.0239. The third-order valence-corrected chi connectivity index (χ3v) is 18.4. The summed E-state index contributed by atoms with van der Waals surface area (Å²) < 4.78 is 15.9. The molecule has 0 spiro atoms. The number of aryl methyl sites for hydroxylation is 12. The van der Waals surface area contributed by atoms with Crippen molar-refractivity contribution in [2.75, 3.05) is 21.3 Å². The molecule has 8 aromatic carbocycles. The van der Waals surface area contributed by atoms with Crippen LogP contribution < -0.4 is 14.2 Å². The Bertz CT molecular complexity index is 5170. The van der Waals surface area contributed by atoms with E-state index in [2.05, 4.69) is 188 Å². The van der Waals surface area contributed by atoms with Gasteiger partial charge in [-0.2, -0.15) is 0 Å². The van der Waals surface area contributed by atoms with E-state index in [4.69, 9.17) is 24.4 Å². The van der Waals surface area contributed by atoms with Gasteiger partial charge in [0.1, 0.15) is 0 Å². The molecule has 0 saturated heterocycles. The minimum Gasteiger partial charge on any atom is -0.540 e. The summed E-state index contributed by atoms with van der Waals surface area (Å²) in [5.74, 6) is 1.99. The second-order valence-electron chi connectivity index (χ2n) is 28.1. The summed E-state index contributed by atoms with van der Waals surface area (Å²) in [6.07, 6.45) is 9.33. The number of aliphatic hydroxyl groups is 7. The Balaban J connectivity index is 0.000000381. The number of carbonyl (C=O) groups is 2. The van der Waals surface area contributed by atoms with E-state index in [1.165, 1.54) is 129 Å². The normalized spacial score (nSPS) is 10.5. The molecule has 12 aromatic rings. The molecule has 20 heteroatoms. The number of allylic oxidation sites excluding steroid dienone is 4. The van der Waals surface area contributed by atoms with Crippen LogP contribution in [-0.4, -0.2) is 88.6 Å². The van der Waals surface area contributed by atoms with Gasteiger partial charge in [0, 0.05) is 158 Å². The number of ketones is 2. The topological polar surface area (TPSA) is 255 Å². The zero-order valence-corrected chi connectivity index (χ0v) is 79.2. The standard InChI is InChI=1S/4C22H22NO2.2C5H8O2.4Pt/c2*1-14-9-15(2)22(16(3)10-14)17-7-8-23-21(12-17)20-6-5-19(25-4)11-18(20)13-24;1-14-9-15(2)22(16(3)10-14)20-12-18(25-4)5-6-19(20)21-11-17(13-24)7-8-23-21;1-14-8-15(2)22(16(3)9-14)18-4-5-20(19(11-18)13-25)21-10-17(12-24)6-7-23-21;2*1-4(6)3-5(2)7;;;;/h3*5,7-12,24H,13H2,1-4H3;4,6-11,24-25H,12-13H2,1-3H3;2*3,6H,1-2H3;;;;/q4*-1;;;;;;. The van der Waals surface area contributed by atoms with Crippen molar-refractivity contribution in [2.24, 2.45) is 0 Å². The third-order valence-electron chi connectivity index (χ3n) is 18.4. The van der Waals surface area contributed by atoms with Crippen molar-refractivity contribution in [2.45, 2.75) is 144 Å². The van der Waals surface area contributed by atoms with E-state index >= 15 is 0 Å². The van der Waals surface area contributed by atoms with Crippen LogP contribution in [0, 0.1) is 107 Å². The Morgan fingerprint density at radius 3 is 0.898 bits per heavy atom. The molecule has 0 aliphatic carbocycles. The summed E-state index contributed by atoms with van der Waals surface area (Å²) in [7, 11) is 4.86. The van der Waals surface area contributed by atoms with Crippen LogP contribution >= 0.6 is 0 Å². The van der Waals surface area contributed by atoms with E-state index in [0.29, 0.717) is 17.2 Å². The molecule has 0 radical (unpaired) electrons. The van der Waals surface area contributed by atoms with Crippen LogP contribution in [0.4, 0.5) is 0 Å². The van der Waals surface area contributed by atoms with Crippen LogP contribution in [0.25, 0.3) is 89.5 Å². The largest absolute Gasteiger partial charge is 0.540 e. The van der Waals surface area contributed by atoms with Gasteiger partial charge in [-0.05, 0) is 213 Å². The fourth-order valence-corrected chi connectivity index (χ4v) is 14.0. The van der Waals surface area contributed by atoms with Crippen LogP contribution in [0.15, 0.2) is 194 Å². The zero-order chi connectivity index (χ0) is 83.6. The van der Waals surface area contributed by atoms with Gasteiger partial charge in [-0.15, -0.1) is 82.4 Å². The number of hydrogen-bond donors (Lipinski definition) is 7. The number of hydrogen-bond acceptors (Lipinski definition) is 16. The minimum absolute atomic E-state index is 0. The molecule has 0 aliphatic heterocycles. The molecule has 4 aromatic heterocycles. The van der Waals surface area contributed by atoms with Gasteiger partial charge in [-0.25, -0.2) is 0 Å². The SMILES string of the molecule is CC(=O)C=C(C)O.CC(=O)C=C(C)O.COc1c[c-]c(-c2cc(-c3c(C)cc(C)cc3C)ccn2)c(CO)c1.COc1c[c-]c(-c2cc(-c3c(C)cc(C)cc3C)ccn2)c(CO)c1.COc1c[c-]c(-c2cc(CO)ccn2)c(-c2c(C)cc(C)cc2C)c1.Cc1cc(C)c(-c2c[c-]c(-c3cc(CO)ccn3)c(CO)c2)c(C)c1.[Pt].[Pt].[Pt].[Pt]. The predicted octanol–water partition coefficient (Wildman–Crippen LogP) is 20.1. The van der Waals surface area contributed by atoms with Gasteiger partial charge in [0.2, 0.25) is 0 Å². The van der Waals surface area contributed by atoms with Gasteiger partial charge in [0.25, 0.3) is 0 Å². The number of nitrogens with zero attached hydrogens (tertiary/aromatic N) is 4. The summed E-state index contributed by atoms with van der Waals surface area (Å²) in [6, 6.07) is 61.0. The van der Waals surface area contributed by atoms with E-state index in [1.807, 2.05) is 79.1 Å². The third kappa shape index (κ3) is 29.0. The van der Waals surface area contributed by atoms with Crippen molar-refractivity contribution < 1.29 is 144 Å². The van der Waals surface area contributed by atoms with Crippen molar-refractivity contribution in [3.8, 4) is 107 Å². The number of carbonyl (C=O) groups excluding carboxylic acids is 2. The van der Waals surface area contributed by atoms with Crippen LogP contribution in [0.5, 0.6) is 17.2 Å².